The van der Waals surface area contributed by atoms with Gasteiger partial charge in [0.05, 0.1) is 23.0 Å². The topological polar surface area (TPSA) is 82.2 Å². The number of benzene rings is 1. The summed E-state index contributed by atoms with van der Waals surface area (Å²) in [6, 6.07) is 9.83. The van der Waals surface area contributed by atoms with Gasteiger partial charge in [0.15, 0.2) is 0 Å². The van der Waals surface area contributed by atoms with Crippen LogP contribution in [0.3, 0.4) is 0 Å². The molecular formula is C18H20N4O2. The molecule has 1 aromatic carbocycles. The van der Waals surface area contributed by atoms with E-state index >= 15 is 0 Å². The standard InChI is InChI=1S/C18H20N4O2/c1-12(2)22-17(14-5-3-13(11-19)4-6-14)15-7-9-21(18(23)24)10-8-16(15)20-22/h3-6,12H,7-10H2,1-2H3,(H,23,24). The van der Waals surface area contributed by atoms with Crippen molar-refractivity contribution in [1.29, 1.82) is 5.26 Å². The van der Waals surface area contributed by atoms with Crippen LogP contribution in [0.25, 0.3) is 11.3 Å². The largest absolute Gasteiger partial charge is 0.465 e. The van der Waals surface area contributed by atoms with E-state index in [-0.39, 0.29) is 6.04 Å². The molecule has 0 radical (unpaired) electrons. The lowest BCUT2D eigenvalue weighted by Crippen LogP contribution is -2.31. The highest BCUT2D eigenvalue weighted by Gasteiger charge is 2.25. The second kappa shape index (κ2) is 6.36. The molecule has 1 amide bonds. The minimum absolute atomic E-state index is 0.207. The number of rotatable bonds is 2. The second-order valence-electron chi connectivity index (χ2n) is 6.27. The molecule has 2 aromatic rings. The van der Waals surface area contributed by atoms with E-state index in [1.165, 1.54) is 4.90 Å². The number of carbonyl (C=O) groups is 1. The molecule has 24 heavy (non-hydrogen) atoms. The zero-order valence-corrected chi connectivity index (χ0v) is 13.9. The molecular weight excluding hydrogens is 304 g/mol. The molecule has 1 aliphatic rings. The van der Waals surface area contributed by atoms with Gasteiger partial charge in [-0.15, -0.1) is 0 Å². The molecule has 0 aliphatic carbocycles. The summed E-state index contributed by atoms with van der Waals surface area (Å²) in [5.74, 6) is 0. The highest BCUT2D eigenvalue weighted by atomic mass is 16.4. The number of carboxylic acid groups (broad SMARTS) is 1. The van der Waals surface area contributed by atoms with Gasteiger partial charge in [-0.2, -0.15) is 10.4 Å². The minimum Gasteiger partial charge on any atom is -0.465 e. The van der Waals surface area contributed by atoms with Crippen molar-refractivity contribution in [3.05, 3.63) is 41.1 Å². The van der Waals surface area contributed by atoms with Gasteiger partial charge in [0.1, 0.15) is 0 Å². The Morgan fingerprint density at radius 2 is 1.92 bits per heavy atom. The van der Waals surface area contributed by atoms with Gasteiger partial charge < -0.3 is 10.0 Å². The number of hydrogen-bond donors (Lipinski definition) is 1. The minimum atomic E-state index is -0.878. The average Bonchev–Trinajstić information content (AvgIpc) is 2.80. The summed E-state index contributed by atoms with van der Waals surface area (Å²) in [5.41, 5.74) is 4.78. The number of nitrogens with zero attached hydrogens (tertiary/aromatic N) is 4. The van der Waals surface area contributed by atoms with E-state index in [2.05, 4.69) is 19.9 Å². The first-order valence-electron chi connectivity index (χ1n) is 8.10. The number of hydrogen-bond acceptors (Lipinski definition) is 3. The molecule has 1 aromatic heterocycles. The van der Waals surface area contributed by atoms with Crippen LogP contribution >= 0.6 is 0 Å². The highest BCUT2D eigenvalue weighted by Crippen LogP contribution is 2.31. The predicted molar refractivity (Wildman–Crippen MR) is 89.8 cm³/mol. The maximum Gasteiger partial charge on any atom is 0.407 e. The summed E-state index contributed by atoms with van der Waals surface area (Å²) in [6.45, 7) is 5.13. The zero-order chi connectivity index (χ0) is 17.3. The van der Waals surface area contributed by atoms with Crippen LogP contribution in [0.2, 0.25) is 0 Å². The van der Waals surface area contributed by atoms with E-state index in [1.54, 1.807) is 12.1 Å². The number of fused-ring (bicyclic) bond motifs is 1. The third-order valence-corrected chi connectivity index (χ3v) is 4.39. The van der Waals surface area contributed by atoms with E-state index in [9.17, 15) is 9.90 Å². The molecule has 1 N–H and O–H groups in total. The van der Waals surface area contributed by atoms with E-state index in [4.69, 9.17) is 10.4 Å². The van der Waals surface area contributed by atoms with Gasteiger partial charge in [-0.25, -0.2) is 4.79 Å². The van der Waals surface area contributed by atoms with Gasteiger partial charge in [-0.05, 0) is 32.4 Å². The molecule has 0 bridgehead atoms. The van der Waals surface area contributed by atoms with Crippen molar-refractivity contribution in [3.63, 3.8) is 0 Å². The second-order valence-corrected chi connectivity index (χ2v) is 6.27. The van der Waals surface area contributed by atoms with Gasteiger partial charge >= 0.3 is 6.09 Å². The van der Waals surface area contributed by atoms with E-state index in [0.717, 1.165) is 22.5 Å². The Bertz CT molecular complexity index is 800. The fourth-order valence-corrected chi connectivity index (χ4v) is 3.15. The van der Waals surface area contributed by atoms with Gasteiger partial charge in [0, 0.05) is 36.7 Å². The summed E-state index contributed by atoms with van der Waals surface area (Å²) in [4.78, 5) is 12.7. The van der Waals surface area contributed by atoms with Crippen molar-refractivity contribution in [3.8, 4) is 17.3 Å². The summed E-state index contributed by atoms with van der Waals surface area (Å²) in [5, 5.41) is 23.0. The van der Waals surface area contributed by atoms with Gasteiger partial charge in [-0.1, -0.05) is 12.1 Å². The summed E-state index contributed by atoms with van der Waals surface area (Å²) >= 11 is 0. The van der Waals surface area contributed by atoms with Crippen LogP contribution in [0.4, 0.5) is 4.79 Å². The molecule has 0 unspecified atom stereocenters. The Hall–Kier alpha value is -2.81. The number of nitriles is 1. The van der Waals surface area contributed by atoms with Gasteiger partial charge in [-0.3, -0.25) is 4.68 Å². The van der Waals surface area contributed by atoms with Crippen LogP contribution in [0, 0.1) is 11.3 Å². The van der Waals surface area contributed by atoms with Crippen LogP contribution in [-0.2, 0) is 12.8 Å². The third kappa shape index (κ3) is 2.85. The Labute approximate surface area is 140 Å². The molecule has 6 nitrogen and oxygen atoms in total. The first-order valence-corrected chi connectivity index (χ1v) is 8.10. The van der Waals surface area contributed by atoms with Gasteiger partial charge in [0.25, 0.3) is 0 Å². The first-order chi connectivity index (χ1) is 11.5. The van der Waals surface area contributed by atoms with Crippen molar-refractivity contribution in [1.82, 2.24) is 14.7 Å². The average molecular weight is 324 g/mol. The fraction of sp³-hybridized carbons (Fsp3) is 0.389. The van der Waals surface area contributed by atoms with Crippen molar-refractivity contribution >= 4 is 6.09 Å². The zero-order valence-electron chi connectivity index (χ0n) is 13.9. The molecule has 6 heteroatoms. The van der Waals surface area contributed by atoms with Crippen LogP contribution in [-0.4, -0.2) is 39.0 Å². The van der Waals surface area contributed by atoms with Crippen molar-refractivity contribution in [2.24, 2.45) is 0 Å². The molecule has 0 saturated carbocycles. The Kier molecular flexibility index (Phi) is 4.26. The maximum absolute atomic E-state index is 11.3. The molecule has 0 spiro atoms. The molecule has 1 aliphatic heterocycles. The molecule has 124 valence electrons. The number of aromatic nitrogens is 2. The van der Waals surface area contributed by atoms with Crippen molar-refractivity contribution in [2.45, 2.75) is 32.7 Å². The lowest BCUT2D eigenvalue weighted by molar-refractivity contribution is 0.147. The predicted octanol–water partition coefficient (Wildman–Crippen LogP) is 3.08. The normalized spacial score (nSPS) is 14.2. The Morgan fingerprint density at radius 3 is 2.50 bits per heavy atom. The van der Waals surface area contributed by atoms with Crippen LogP contribution in [0.5, 0.6) is 0 Å². The lowest BCUT2D eigenvalue weighted by atomic mass is 10.0. The first kappa shape index (κ1) is 16.1. The van der Waals surface area contributed by atoms with Crippen LogP contribution < -0.4 is 0 Å². The SMILES string of the molecule is CC(C)n1nc2c(c1-c1ccc(C#N)cc1)CCN(C(=O)O)CC2. The summed E-state index contributed by atoms with van der Waals surface area (Å²) < 4.78 is 2.02. The van der Waals surface area contributed by atoms with E-state index < -0.39 is 6.09 Å². The quantitative estimate of drug-likeness (QED) is 0.920. The third-order valence-electron chi connectivity index (χ3n) is 4.39. The van der Waals surface area contributed by atoms with Crippen LogP contribution in [0.15, 0.2) is 24.3 Å². The molecule has 0 saturated heterocycles. The molecule has 2 heterocycles. The number of amides is 1. The van der Waals surface area contributed by atoms with Crippen LogP contribution in [0.1, 0.15) is 36.7 Å². The summed E-state index contributed by atoms with van der Waals surface area (Å²) in [7, 11) is 0. The van der Waals surface area contributed by atoms with E-state index in [1.807, 2.05) is 16.8 Å². The molecule has 0 atom stereocenters. The smallest absolute Gasteiger partial charge is 0.407 e. The van der Waals surface area contributed by atoms with Crippen molar-refractivity contribution < 1.29 is 9.90 Å². The van der Waals surface area contributed by atoms with Gasteiger partial charge in [0.2, 0.25) is 0 Å². The fourth-order valence-electron chi connectivity index (χ4n) is 3.15. The lowest BCUT2D eigenvalue weighted by Gasteiger charge is -2.17. The Morgan fingerprint density at radius 1 is 1.25 bits per heavy atom. The maximum atomic E-state index is 11.3. The molecule has 0 fully saturated rings. The van der Waals surface area contributed by atoms with Crippen molar-refractivity contribution in [2.75, 3.05) is 13.1 Å². The Balaban J connectivity index is 2.06. The van der Waals surface area contributed by atoms with E-state index in [0.29, 0.717) is 31.5 Å². The summed E-state index contributed by atoms with van der Waals surface area (Å²) in [6.07, 6.45) is 0.408. The highest BCUT2D eigenvalue weighted by molar-refractivity contribution is 5.68. The molecule has 3 rings (SSSR count). The monoisotopic (exact) mass is 324 g/mol.